The molecular formula is C9H11N5O2S2. The van der Waals surface area contributed by atoms with Crippen LogP contribution in [0, 0.1) is 13.8 Å². The zero-order valence-corrected chi connectivity index (χ0v) is 11.3. The lowest BCUT2D eigenvalue weighted by Crippen LogP contribution is -2.14. The van der Waals surface area contributed by atoms with Crippen molar-refractivity contribution >= 4 is 32.2 Å². The maximum Gasteiger partial charge on any atom is 0.291 e. The molecule has 2 aromatic rings. The number of nitrogen functional groups attached to an aromatic ring is 1. The fourth-order valence-corrected chi connectivity index (χ4v) is 3.21. The molecule has 7 nitrogen and oxygen atoms in total. The van der Waals surface area contributed by atoms with Crippen molar-refractivity contribution in [2.75, 3.05) is 10.5 Å². The molecule has 0 saturated carbocycles. The molecule has 3 N–H and O–H groups in total. The first-order chi connectivity index (χ1) is 8.38. The predicted molar refractivity (Wildman–Crippen MR) is 68.8 cm³/mol. The third-order valence-corrected chi connectivity index (χ3v) is 4.61. The largest absolute Gasteiger partial charge is 0.374 e. The van der Waals surface area contributed by atoms with E-state index in [9.17, 15) is 8.42 Å². The molecule has 18 heavy (non-hydrogen) atoms. The van der Waals surface area contributed by atoms with Crippen LogP contribution < -0.4 is 10.5 Å². The minimum Gasteiger partial charge on any atom is -0.374 e. The fourth-order valence-electron chi connectivity index (χ4n) is 1.31. The average molecular weight is 285 g/mol. The summed E-state index contributed by atoms with van der Waals surface area (Å²) in [6.07, 6.45) is 0. The highest BCUT2D eigenvalue weighted by Crippen LogP contribution is 2.21. The molecule has 0 bridgehead atoms. The van der Waals surface area contributed by atoms with Crippen LogP contribution in [0.1, 0.15) is 11.4 Å². The number of rotatable bonds is 3. The number of nitrogens with two attached hydrogens (primary N) is 1. The van der Waals surface area contributed by atoms with E-state index in [-0.39, 0.29) is 9.47 Å². The van der Waals surface area contributed by atoms with Gasteiger partial charge in [0.25, 0.3) is 14.4 Å². The summed E-state index contributed by atoms with van der Waals surface area (Å²) in [5, 5.41) is 7.08. The second kappa shape index (κ2) is 4.50. The van der Waals surface area contributed by atoms with Crippen LogP contribution in [0.5, 0.6) is 0 Å². The highest BCUT2D eigenvalue weighted by Gasteiger charge is 2.20. The third-order valence-electron chi connectivity index (χ3n) is 2.12. The molecule has 0 fully saturated rings. The minimum absolute atomic E-state index is 0.106. The van der Waals surface area contributed by atoms with Crippen molar-refractivity contribution in [2.45, 2.75) is 18.2 Å². The van der Waals surface area contributed by atoms with Crippen molar-refractivity contribution in [3.05, 3.63) is 23.5 Å². The Labute approximate surface area is 108 Å². The van der Waals surface area contributed by atoms with Crippen LogP contribution in [-0.4, -0.2) is 23.6 Å². The molecule has 2 rings (SSSR count). The van der Waals surface area contributed by atoms with E-state index in [1.165, 1.54) is 0 Å². The number of hydrogen-bond donors (Lipinski definition) is 2. The molecule has 2 heterocycles. The average Bonchev–Trinajstić information content (AvgIpc) is 2.70. The Morgan fingerprint density at radius 2 is 2.00 bits per heavy atom. The van der Waals surface area contributed by atoms with Gasteiger partial charge in [0.1, 0.15) is 0 Å². The van der Waals surface area contributed by atoms with E-state index in [1.54, 1.807) is 19.1 Å². The van der Waals surface area contributed by atoms with Crippen molar-refractivity contribution in [2.24, 2.45) is 0 Å². The molecule has 0 unspecified atom stereocenters. The zero-order chi connectivity index (χ0) is 13.3. The molecule has 0 saturated heterocycles. The number of sulfonamides is 1. The highest BCUT2D eigenvalue weighted by atomic mass is 32.2. The van der Waals surface area contributed by atoms with E-state index >= 15 is 0 Å². The van der Waals surface area contributed by atoms with Crippen LogP contribution in [0.15, 0.2) is 16.5 Å². The van der Waals surface area contributed by atoms with Gasteiger partial charge in [-0.15, -0.1) is 10.2 Å². The first kappa shape index (κ1) is 12.7. The summed E-state index contributed by atoms with van der Waals surface area (Å²) in [5.41, 5.74) is 7.18. The predicted octanol–water partition coefficient (Wildman–Crippen LogP) is 0.933. The van der Waals surface area contributed by atoms with Gasteiger partial charge >= 0.3 is 0 Å². The molecule has 0 radical (unpaired) electrons. The maximum absolute atomic E-state index is 12.0. The van der Waals surface area contributed by atoms with Gasteiger partial charge in [-0.05, 0) is 26.0 Å². The molecule has 96 valence electrons. The van der Waals surface area contributed by atoms with Crippen LogP contribution in [-0.2, 0) is 10.0 Å². The van der Waals surface area contributed by atoms with Gasteiger partial charge in [-0.25, -0.2) is 0 Å². The van der Waals surface area contributed by atoms with E-state index in [0.717, 1.165) is 17.0 Å². The van der Waals surface area contributed by atoms with E-state index in [4.69, 9.17) is 5.73 Å². The van der Waals surface area contributed by atoms with Gasteiger partial charge in [-0.3, -0.25) is 9.71 Å². The smallest absolute Gasteiger partial charge is 0.291 e. The molecular weight excluding hydrogens is 274 g/mol. The van der Waals surface area contributed by atoms with Crippen molar-refractivity contribution < 1.29 is 8.42 Å². The topological polar surface area (TPSA) is 111 Å². The first-order valence-electron chi connectivity index (χ1n) is 4.94. The Kier molecular flexibility index (Phi) is 3.18. The van der Waals surface area contributed by atoms with Crippen molar-refractivity contribution in [3.63, 3.8) is 0 Å². The Hall–Kier alpha value is -1.74. The fraction of sp³-hybridized carbons (Fsp3) is 0.222. The molecule has 0 aliphatic carbocycles. The highest BCUT2D eigenvalue weighted by molar-refractivity contribution is 7.94. The van der Waals surface area contributed by atoms with Crippen LogP contribution in [0.2, 0.25) is 0 Å². The van der Waals surface area contributed by atoms with E-state index in [1.807, 2.05) is 6.92 Å². The minimum atomic E-state index is -3.75. The van der Waals surface area contributed by atoms with Crippen molar-refractivity contribution in [1.82, 2.24) is 15.2 Å². The lowest BCUT2D eigenvalue weighted by Gasteiger charge is -2.07. The second-order valence-corrected chi connectivity index (χ2v) is 6.46. The van der Waals surface area contributed by atoms with Gasteiger partial charge in [0.15, 0.2) is 0 Å². The maximum atomic E-state index is 12.0. The summed E-state index contributed by atoms with van der Waals surface area (Å²) >= 11 is 0.808. The number of aryl methyl sites for hydroxylation is 2. The van der Waals surface area contributed by atoms with Gasteiger partial charge in [-0.1, -0.05) is 11.3 Å². The summed E-state index contributed by atoms with van der Waals surface area (Å²) < 4.78 is 26.2. The Bertz CT molecular complexity index is 680. The van der Waals surface area contributed by atoms with Gasteiger partial charge in [-0.2, -0.15) is 8.42 Å². The van der Waals surface area contributed by atoms with Gasteiger partial charge in [0, 0.05) is 5.69 Å². The number of aromatic nitrogens is 3. The third kappa shape index (κ3) is 2.57. The quantitative estimate of drug-likeness (QED) is 0.868. The molecule has 0 aliphatic heterocycles. The molecule has 0 aromatic carbocycles. The SMILES string of the molecule is Cc1ccc(NS(=O)(=O)c2nnc(N)s2)c(C)n1. The number of nitrogens with one attached hydrogen (secondary N) is 1. The standard InChI is InChI=1S/C9H11N5O2S2/c1-5-3-4-7(6(2)11-5)14-18(15,16)9-13-12-8(10)17-9/h3-4,14H,1-2H3,(H2,10,12). The number of anilines is 2. The monoisotopic (exact) mass is 285 g/mol. The van der Waals surface area contributed by atoms with Crippen molar-refractivity contribution in [3.8, 4) is 0 Å². The van der Waals surface area contributed by atoms with E-state index in [2.05, 4.69) is 19.9 Å². The normalized spacial score (nSPS) is 11.4. The van der Waals surface area contributed by atoms with Crippen LogP contribution in [0.25, 0.3) is 0 Å². The summed E-state index contributed by atoms with van der Waals surface area (Å²) in [6.45, 7) is 3.55. The number of nitrogens with zero attached hydrogens (tertiary/aromatic N) is 3. The first-order valence-corrected chi connectivity index (χ1v) is 7.24. The lowest BCUT2D eigenvalue weighted by molar-refractivity contribution is 0.599. The van der Waals surface area contributed by atoms with Gasteiger partial charge < -0.3 is 5.73 Å². The summed E-state index contributed by atoms with van der Waals surface area (Å²) in [7, 11) is -3.75. The Morgan fingerprint density at radius 3 is 2.56 bits per heavy atom. The van der Waals surface area contributed by atoms with Crippen LogP contribution >= 0.6 is 11.3 Å². The number of pyridine rings is 1. The Morgan fingerprint density at radius 1 is 1.28 bits per heavy atom. The van der Waals surface area contributed by atoms with Gasteiger partial charge in [0.2, 0.25) is 5.13 Å². The van der Waals surface area contributed by atoms with Crippen LogP contribution in [0.4, 0.5) is 10.8 Å². The second-order valence-electron chi connectivity index (χ2n) is 3.60. The summed E-state index contributed by atoms with van der Waals surface area (Å²) in [6, 6.07) is 3.37. The lowest BCUT2D eigenvalue weighted by atomic mass is 10.3. The van der Waals surface area contributed by atoms with Crippen molar-refractivity contribution in [1.29, 1.82) is 0 Å². The molecule has 2 aromatic heterocycles. The number of hydrogen-bond acceptors (Lipinski definition) is 7. The molecule has 0 spiro atoms. The molecule has 0 amide bonds. The van der Waals surface area contributed by atoms with Crippen LogP contribution in [0.3, 0.4) is 0 Å². The van der Waals surface area contributed by atoms with Gasteiger partial charge in [0.05, 0.1) is 11.4 Å². The molecule has 0 atom stereocenters. The molecule has 0 aliphatic rings. The summed E-state index contributed by atoms with van der Waals surface area (Å²) in [5.74, 6) is 0. The Balaban J connectivity index is 2.33. The zero-order valence-electron chi connectivity index (χ0n) is 9.71. The molecule has 9 heteroatoms. The van der Waals surface area contributed by atoms with E-state index in [0.29, 0.717) is 11.4 Å². The summed E-state index contributed by atoms with van der Waals surface area (Å²) in [4.78, 5) is 4.17. The van der Waals surface area contributed by atoms with E-state index < -0.39 is 10.0 Å².